The van der Waals surface area contributed by atoms with E-state index in [1.165, 1.54) is 12.1 Å². The summed E-state index contributed by atoms with van der Waals surface area (Å²) in [5.41, 5.74) is -1.72. The minimum atomic E-state index is -4.97. The van der Waals surface area contributed by atoms with Gasteiger partial charge in [0.05, 0.1) is 7.11 Å². The summed E-state index contributed by atoms with van der Waals surface area (Å²) in [6.07, 6.45) is -4.97. The van der Waals surface area contributed by atoms with E-state index in [9.17, 15) is 17.6 Å². The third-order valence-electron chi connectivity index (χ3n) is 2.17. The fraction of sp³-hybridized carbons (Fsp3) is 0.200. The lowest BCUT2D eigenvalue weighted by molar-refractivity contribution is -0.142. The van der Waals surface area contributed by atoms with Crippen molar-refractivity contribution in [3.05, 3.63) is 28.8 Å². The third-order valence-corrected chi connectivity index (χ3v) is 2.37. The second-order valence-electron chi connectivity index (χ2n) is 3.46. The number of hydrogen-bond donors (Lipinski definition) is 0. The quantitative estimate of drug-likeness (QED) is 0.630. The van der Waals surface area contributed by atoms with Gasteiger partial charge in [-0.3, -0.25) is 0 Å². The highest BCUT2D eigenvalue weighted by atomic mass is 35.5. The van der Waals surface area contributed by atoms with Crippen molar-refractivity contribution in [2.24, 2.45) is 0 Å². The third kappa shape index (κ3) is 2.77. The number of aromatic nitrogens is 4. The van der Waals surface area contributed by atoms with Gasteiger partial charge in [-0.15, -0.1) is 10.2 Å². The highest BCUT2D eigenvalue weighted by Gasteiger charge is 2.40. The van der Waals surface area contributed by atoms with E-state index in [4.69, 9.17) is 11.6 Å². The van der Waals surface area contributed by atoms with Crippen LogP contribution in [0.15, 0.2) is 12.1 Å². The van der Waals surface area contributed by atoms with Crippen LogP contribution in [0.4, 0.5) is 17.6 Å². The Morgan fingerprint density at radius 2 is 1.85 bits per heavy atom. The molecule has 0 N–H and O–H groups in total. The van der Waals surface area contributed by atoms with Crippen molar-refractivity contribution in [2.45, 2.75) is 6.18 Å². The van der Waals surface area contributed by atoms with Crippen LogP contribution in [0.5, 0.6) is 5.88 Å². The van der Waals surface area contributed by atoms with Crippen LogP contribution in [-0.4, -0.2) is 27.3 Å². The highest BCUT2D eigenvalue weighted by Crippen LogP contribution is 2.37. The van der Waals surface area contributed by atoms with Gasteiger partial charge in [0.15, 0.2) is 16.5 Å². The molecule has 0 radical (unpaired) electrons. The van der Waals surface area contributed by atoms with Gasteiger partial charge in [-0.25, -0.2) is 0 Å². The molecule has 0 fully saturated rings. The number of alkyl halides is 3. The van der Waals surface area contributed by atoms with Crippen LogP contribution in [0.25, 0.3) is 11.5 Å². The van der Waals surface area contributed by atoms with Crippen LogP contribution >= 0.6 is 11.6 Å². The van der Waals surface area contributed by atoms with E-state index >= 15 is 0 Å². The van der Waals surface area contributed by atoms with Gasteiger partial charge in [-0.05, 0) is 12.1 Å². The van der Waals surface area contributed by atoms with Crippen LogP contribution in [-0.2, 0) is 6.18 Å². The van der Waals surface area contributed by atoms with Gasteiger partial charge < -0.3 is 4.74 Å². The van der Waals surface area contributed by atoms with Crippen molar-refractivity contribution in [1.29, 1.82) is 0 Å². The average Bonchev–Trinajstić information content (AvgIpc) is 2.37. The predicted octanol–water partition coefficient (Wildman–Crippen LogP) is 2.75. The zero-order chi connectivity index (χ0) is 14.9. The number of hydrogen-bond acceptors (Lipinski definition) is 5. The summed E-state index contributed by atoms with van der Waals surface area (Å²) in [4.78, 5) is 6.60. The van der Waals surface area contributed by atoms with Crippen LogP contribution in [0, 0.1) is 5.95 Å². The van der Waals surface area contributed by atoms with Gasteiger partial charge in [0, 0.05) is 0 Å². The first-order chi connectivity index (χ1) is 9.32. The maximum atomic E-state index is 13.5. The van der Waals surface area contributed by atoms with Gasteiger partial charge in [0.25, 0.3) is 0 Å². The molecular weight excluding hydrogens is 304 g/mol. The Balaban J connectivity index is 2.58. The zero-order valence-corrected chi connectivity index (χ0v) is 10.5. The second kappa shape index (κ2) is 5.16. The summed E-state index contributed by atoms with van der Waals surface area (Å²) in [7, 11) is 0.939. The molecule has 0 aliphatic rings. The van der Waals surface area contributed by atoms with Crippen LogP contribution in [0.1, 0.15) is 5.56 Å². The van der Waals surface area contributed by atoms with E-state index in [1.54, 1.807) is 0 Å². The summed E-state index contributed by atoms with van der Waals surface area (Å²) >= 11 is 5.51. The molecule has 2 aromatic rings. The molecule has 0 spiro atoms. The SMILES string of the molecule is COc1nc(-c2ccc(Cl)nn2)nc(F)c1C(F)(F)F. The molecule has 106 valence electrons. The zero-order valence-electron chi connectivity index (χ0n) is 9.74. The lowest BCUT2D eigenvalue weighted by atomic mass is 10.3. The fourth-order valence-corrected chi connectivity index (χ4v) is 1.45. The normalized spacial score (nSPS) is 11.5. The fourth-order valence-electron chi connectivity index (χ4n) is 1.35. The molecule has 0 amide bonds. The average molecular weight is 309 g/mol. The van der Waals surface area contributed by atoms with Gasteiger partial charge >= 0.3 is 6.18 Å². The molecule has 2 rings (SSSR count). The molecule has 20 heavy (non-hydrogen) atoms. The topological polar surface area (TPSA) is 60.8 Å². The van der Waals surface area contributed by atoms with E-state index in [-0.39, 0.29) is 10.8 Å². The first kappa shape index (κ1) is 14.4. The monoisotopic (exact) mass is 308 g/mol. The molecule has 0 aromatic carbocycles. The number of nitrogens with zero attached hydrogens (tertiary/aromatic N) is 4. The Kier molecular flexibility index (Phi) is 3.71. The largest absolute Gasteiger partial charge is 0.480 e. The van der Waals surface area contributed by atoms with E-state index in [0.717, 1.165) is 7.11 Å². The highest BCUT2D eigenvalue weighted by molar-refractivity contribution is 6.29. The van der Waals surface area contributed by atoms with E-state index in [1.807, 2.05) is 0 Å². The Labute approximate surface area is 114 Å². The van der Waals surface area contributed by atoms with Crippen LogP contribution in [0.2, 0.25) is 5.15 Å². The van der Waals surface area contributed by atoms with Crippen molar-refractivity contribution >= 4 is 11.6 Å². The molecule has 0 aliphatic carbocycles. The van der Waals surface area contributed by atoms with Crippen molar-refractivity contribution in [2.75, 3.05) is 7.11 Å². The molecular formula is C10H5ClF4N4O. The Hall–Kier alpha value is -2.03. The summed E-state index contributed by atoms with van der Waals surface area (Å²) in [6.45, 7) is 0. The molecule has 10 heteroatoms. The molecule has 0 unspecified atom stereocenters. The molecule has 0 saturated heterocycles. The molecule has 0 saturated carbocycles. The first-order valence-corrected chi connectivity index (χ1v) is 5.39. The number of ether oxygens (including phenoxy) is 1. The lowest BCUT2D eigenvalue weighted by Crippen LogP contribution is -2.14. The minimum Gasteiger partial charge on any atom is -0.480 e. The maximum absolute atomic E-state index is 13.5. The van der Waals surface area contributed by atoms with E-state index in [2.05, 4.69) is 24.9 Å². The van der Waals surface area contributed by atoms with Gasteiger partial charge in [0.2, 0.25) is 11.8 Å². The van der Waals surface area contributed by atoms with Crippen LogP contribution < -0.4 is 4.74 Å². The molecule has 0 atom stereocenters. The number of methoxy groups -OCH3 is 1. The Morgan fingerprint density at radius 1 is 1.15 bits per heavy atom. The standard InChI is InChI=1S/C10H5ClF4N4O/c1-20-9-6(10(13,14)15)7(12)16-8(17-9)4-2-3-5(11)19-18-4/h2-3H,1H3. The summed E-state index contributed by atoms with van der Waals surface area (Å²) in [5, 5.41) is 7.07. The molecule has 0 aliphatic heterocycles. The van der Waals surface area contributed by atoms with Gasteiger partial charge in [0.1, 0.15) is 5.69 Å². The summed E-state index contributed by atoms with van der Waals surface area (Å²) in [6, 6.07) is 2.60. The Morgan fingerprint density at radius 3 is 2.35 bits per heavy atom. The lowest BCUT2D eigenvalue weighted by Gasteiger charge is -2.12. The maximum Gasteiger partial charge on any atom is 0.426 e. The number of halogens is 5. The van der Waals surface area contributed by atoms with Gasteiger partial charge in [-0.2, -0.15) is 27.5 Å². The van der Waals surface area contributed by atoms with Crippen molar-refractivity contribution in [3.8, 4) is 17.4 Å². The molecule has 2 heterocycles. The summed E-state index contributed by atoms with van der Waals surface area (Å²) in [5.74, 6) is -3.08. The smallest absolute Gasteiger partial charge is 0.426 e. The Bertz CT molecular complexity index is 632. The van der Waals surface area contributed by atoms with Crippen molar-refractivity contribution < 1.29 is 22.3 Å². The van der Waals surface area contributed by atoms with Crippen molar-refractivity contribution in [1.82, 2.24) is 20.2 Å². The van der Waals surface area contributed by atoms with Crippen LogP contribution in [0.3, 0.4) is 0 Å². The number of rotatable bonds is 2. The molecule has 0 bridgehead atoms. The van der Waals surface area contributed by atoms with Crippen molar-refractivity contribution in [3.63, 3.8) is 0 Å². The van der Waals surface area contributed by atoms with E-state index in [0.29, 0.717) is 0 Å². The predicted molar refractivity (Wildman–Crippen MR) is 59.6 cm³/mol. The van der Waals surface area contributed by atoms with Gasteiger partial charge in [-0.1, -0.05) is 11.6 Å². The first-order valence-electron chi connectivity index (χ1n) is 5.01. The summed E-state index contributed by atoms with van der Waals surface area (Å²) < 4.78 is 55.9. The van der Waals surface area contributed by atoms with E-state index < -0.39 is 29.4 Å². The molecule has 5 nitrogen and oxygen atoms in total. The molecule has 2 aromatic heterocycles. The second-order valence-corrected chi connectivity index (χ2v) is 3.85. The minimum absolute atomic E-state index is 0.0414.